The summed E-state index contributed by atoms with van der Waals surface area (Å²) in [7, 11) is 0. The zero-order valence-electron chi connectivity index (χ0n) is 16.6. The third-order valence-corrected chi connectivity index (χ3v) is 5.03. The summed E-state index contributed by atoms with van der Waals surface area (Å²) in [4.78, 5) is 28.3. The van der Waals surface area contributed by atoms with Crippen molar-refractivity contribution in [2.24, 2.45) is 0 Å². The van der Waals surface area contributed by atoms with Gasteiger partial charge in [-0.15, -0.1) is 0 Å². The molecule has 0 spiro atoms. The van der Waals surface area contributed by atoms with E-state index in [1.165, 1.54) is 16.8 Å². The maximum Gasteiger partial charge on any atom is 0.330 e. The Kier molecular flexibility index (Phi) is 5.87. The molecule has 0 saturated carbocycles. The van der Waals surface area contributed by atoms with Gasteiger partial charge in [0, 0.05) is 31.9 Å². The molecule has 2 amide bonds. The monoisotopic (exact) mass is 381 g/mol. The fourth-order valence-corrected chi connectivity index (χ4v) is 3.65. The minimum atomic E-state index is -1.06. The van der Waals surface area contributed by atoms with Crippen LogP contribution in [0.2, 0.25) is 0 Å². The number of anilines is 1. The molecule has 1 aliphatic rings. The summed E-state index contributed by atoms with van der Waals surface area (Å²) < 4.78 is 0. The highest BCUT2D eigenvalue weighted by atomic mass is 16.4. The quantitative estimate of drug-likeness (QED) is 0.853. The van der Waals surface area contributed by atoms with E-state index in [1.54, 1.807) is 23.1 Å². The van der Waals surface area contributed by atoms with Crippen molar-refractivity contribution in [2.45, 2.75) is 26.8 Å². The maximum absolute atomic E-state index is 12.7. The molecule has 28 heavy (non-hydrogen) atoms. The number of carboxylic acids is 1. The average Bonchev–Trinajstić information content (AvgIpc) is 2.65. The standard InChI is InChI=1S/C22H27N3O3/c1-15-5-4-6-18(12-15)20(21(26)27)23-22(28)25-9-7-24(8-10-25)19-13-16(2)11-17(3)14-19/h4-6,11-14,20H,7-10H2,1-3H3,(H,23,28)(H,26,27)/t20-/m1/s1. The van der Waals surface area contributed by atoms with Gasteiger partial charge in [0.2, 0.25) is 0 Å². The van der Waals surface area contributed by atoms with E-state index in [0.717, 1.165) is 18.7 Å². The summed E-state index contributed by atoms with van der Waals surface area (Å²) in [5.74, 6) is -1.06. The molecular formula is C22H27N3O3. The molecule has 1 heterocycles. The molecule has 3 rings (SSSR count). The van der Waals surface area contributed by atoms with Crippen molar-refractivity contribution < 1.29 is 14.7 Å². The minimum absolute atomic E-state index is 0.339. The van der Waals surface area contributed by atoms with Crippen LogP contribution in [-0.2, 0) is 4.79 Å². The average molecular weight is 381 g/mol. The van der Waals surface area contributed by atoms with Gasteiger partial charge in [-0.1, -0.05) is 35.9 Å². The summed E-state index contributed by atoms with van der Waals surface area (Å²) in [6.45, 7) is 8.61. The number of carbonyl (C=O) groups is 2. The van der Waals surface area contributed by atoms with Crippen molar-refractivity contribution in [1.29, 1.82) is 0 Å². The van der Waals surface area contributed by atoms with E-state index in [1.807, 2.05) is 13.0 Å². The highest BCUT2D eigenvalue weighted by Gasteiger charge is 2.27. The van der Waals surface area contributed by atoms with Crippen molar-refractivity contribution in [1.82, 2.24) is 10.2 Å². The van der Waals surface area contributed by atoms with E-state index in [9.17, 15) is 14.7 Å². The van der Waals surface area contributed by atoms with Crippen LogP contribution in [0.3, 0.4) is 0 Å². The van der Waals surface area contributed by atoms with Crippen LogP contribution >= 0.6 is 0 Å². The van der Waals surface area contributed by atoms with Crippen molar-refractivity contribution in [3.8, 4) is 0 Å². The fraction of sp³-hybridized carbons (Fsp3) is 0.364. The number of piperazine rings is 1. The number of benzene rings is 2. The summed E-state index contributed by atoms with van der Waals surface area (Å²) in [6, 6.07) is 12.3. The van der Waals surface area contributed by atoms with Gasteiger partial charge in [0.25, 0.3) is 0 Å². The first-order valence-electron chi connectivity index (χ1n) is 9.51. The van der Waals surface area contributed by atoms with E-state index < -0.39 is 12.0 Å². The second-order valence-electron chi connectivity index (χ2n) is 7.45. The SMILES string of the molecule is Cc1cccc([C@@H](NC(=O)N2CCN(c3cc(C)cc(C)c3)CC2)C(=O)O)c1. The number of hydrogen-bond donors (Lipinski definition) is 2. The second kappa shape index (κ2) is 8.33. The molecule has 6 nitrogen and oxygen atoms in total. The molecule has 0 radical (unpaired) electrons. The molecule has 148 valence electrons. The van der Waals surface area contributed by atoms with Gasteiger partial charge in [0.15, 0.2) is 6.04 Å². The van der Waals surface area contributed by atoms with Gasteiger partial charge in [-0.25, -0.2) is 9.59 Å². The Balaban J connectivity index is 1.63. The molecule has 6 heteroatoms. The number of aryl methyl sites for hydroxylation is 3. The smallest absolute Gasteiger partial charge is 0.330 e. The first-order valence-corrected chi connectivity index (χ1v) is 9.51. The molecule has 1 atom stereocenters. The largest absolute Gasteiger partial charge is 0.479 e. The second-order valence-corrected chi connectivity index (χ2v) is 7.45. The fourth-order valence-electron chi connectivity index (χ4n) is 3.65. The lowest BCUT2D eigenvalue weighted by Gasteiger charge is -2.36. The number of rotatable bonds is 4. The predicted octanol–water partition coefficient (Wildman–Crippen LogP) is 3.27. The maximum atomic E-state index is 12.7. The Morgan fingerprint density at radius 1 is 0.929 bits per heavy atom. The van der Waals surface area contributed by atoms with Crippen LogP contribution in [0.5, 0.6) is 0 Å². The van der Waals surface area contributed by atoms with Gasteiger partial charge in [-0.3, -0.25) is 0 Å². The van der Waals surface area contributed by atoms with Crippen LogP contribution < -0.4 is 10.2 Å². The van der Waals surface area contributed by atoms with E-state index in [2.05, 4.69) is 42.3 Å². The van der Waals surface area contributed by atoms with Gasteiger partial charge < -0.3 is 20.2 Å². The molecule has 1 saturated heterocycles. The normalized spacial score (nSPS) is 15.2. The molecule has 0 aliphatic carbocycles. The molecule has 2 aromatic rings. The molecule has 1 fully saturated rings. The van der Waals surface area contributed by atoms with Crippen molar-refractivity contribution in [2.75, 3.05) is 31.1 Å². The summed E-state index contributed by atoms with van der Waals surface area (Å²) in [5.41, 5.74) is 5.14. The van der Waals surface area contributed by atoms with Crippen molar-refractivity contribution in [3.63, 3.8) is 0 Å². The third kappa shape index (κ3) is 4.63. The summed E-state index contributed by atoms with van der Waals surface area (Å²) >= 11 is 0. The Morgan fingerprint density at radius 3 is 2.14 bits per heavy atom. The zero-order valence-corrected chi connectivity index (χ0v) is 16.6. The highest BCUT2D eigenvalue weighted by Crippen LogP contribution is 2.21. The van der Waals surface area contributed by atoms with Gasteiger partial charge in [-0.05, 0) is 49.6 Å². The topological polar surface area (TPSA) is 72.9 Å². The van der Waals surface area contributed by atoms with E-state index in [0.29, 0.717) is 18.7 Å². The number of urea groups is 1. The van der Waals surface area contributed by atoms with Crippen LogP contribution in [0.1, 0.15) is 28.3 Å². The predicted molar refractivity (Wildman–Crippen MR) is 110 cm³/mol. The van der Waals surface area contributed by atoms with Crippen LogP contribution in [0.25, 0.3) is 0 Å². The van der Waals surface area contributed by atoms with Crippen LogP contribution in [0, 0.1) is 20.8 Å². The van der Waals surface area contributed by atoms with Crippen molar-refractivity contribution >= 4 is 17.7 Å². The molecule has 1 aliphatic heterocycles. The van der Waals surface area contributed by atoms with Crippen LogP contribution in [0.4, 0.5) is 10.5 Å². The lowest BCUT2D eigenvalue weighted by atomic mass is 10.0. The van der Waals surface area contributed by atoms with Gasteiger partial charge in [-0.2, -0.15) is 0 Å². The molecule has 0 bridgehead atoms. The number of carboxylic acid groups (broad SMARTS) is 1. The number of amides is 2. The minimum Gasteiger partial charge on any atom is -0.479 e. The highest BCUT2D eigenvalue weighted by molar-refractivity contribution is 5.84. The molecule has 0 unspecified atom stereocenters. The number of aliphatic carboxylic acids is 1. The lowest BCUT2D eigenvalue weighted by molar-refractivity contribution is -0.139. The zero-order chi connectivity index (χ0) is 20.3. The summed E-state index contributed by atoms with van der Waals surface area (Å²) in [5, 5.41) is 12.2. The molecule has 2 N–H and O–H groups in total. The first kappa shape index (κ1) is 19.7. The molecule has 0 aromatic heterocycles. The van der Waals surface area contributed by atoms with Crippen LogP contribution in [0.15, 0.2) is 42.5 Å². The van der Waals surface area contributed by atoms with E-state index >= 15 is 0 Å². The summed E-state index contributed by atoms with van der Waals surface area (Å²) in [6.07, 6.45) is 0. The number of hydrogen-bond acceptors (Lipinski definition) is 3. The number of nitrogens with one attached hydrogen (secondary N) is 1. The first-order chi connectivity index (χ1) is 13.3. The van der Waals surface area contributed by atoms with Gasteiger partial charge in [0.05, 0.1) is 0 Å². The number of nitrogens with zero attached hydrogens (tertiary/aromatic N) is 2. The Hall–Kier alpha value is -3.02. The Labute approximate surface area is 165 Å². The lowest BCUT2D eigenvalue weighted by Crippen LogP contribution is -2.53. The third-order valence-electron chi connectivity index (χ3n) is 5.03. The molecule has 2 aromatic carbocycles. The van der Waals surface area contributed by atoms with Gasteiger partial charge >= 0.3 is 12.0 Å². The Bertz CT molecular complexity index is 853. The van der Waals surface area contributed by atoms with Gasteiger partial charge in [0.1, 0.15) is 0 Å². The Morgan fingerprint density at radius 2 is 1.57 bits per heavy atom. The van der Waals surface area contributed by atoms with E-state index in [-0.39, 0.29) is 6.03 Å². The molecular weight excluding hydrogens is 354 g/mol. The van der Waals surface area contributed by atoms with Crippen molar-refractivity contribution in [3.05, 3.63) is 64.7 Å². The van der Waals surface area contributed by atoms with Crippen LogP contribution in [-0.4, -0.2) is 48.2 Å². The number of carbonyl (C=O) groups excluding carboxylic acids is 1. The van der Waals surface area contributed by atoms with E-state index in [4.69, 9.17) is 0 Å².